The Kier molecular flexibility index (Phi) is 8.21. The topological polar surface area (TPSA) is 41.9 Å². The molecular formula is C47H38N4S. The molecule has 2 unspecified atom stereocenters. The number of rotatable bonds is 7. The normalized spacial score (nSPS) is 17.7. The van der Waals surface area contributed by atoms with Crippen molar-refractivity contribution in [3.05, 3.63) is 174 Å². The second-order valence-corrected chi connectivity index (χ2v) is 15.2. The minimum atomic E-state index is -0.0502. The molecule has 9 rings (SSSR count). The lowest BCUT2D eigenvalue weighted by Crippen LogP contribution is -2.20. The Morgan fingerprint density at radius 3 is 1.94 bits per heavy atom. The van der Waals surface area contributed by atoms with Crippen LogP contribution in [0.3, 0.4) is 0 Å². The van der Waals surface area contributed by atoms with Crippen molar-refractivity contribution in [2.75, 3.05) is 4.90 Å². The van der Waals surface area contributed by atoms with Gasteiger partial charge in [0.05, 0.1) is 0 Å². The van der Waals surface area contributed by atoms with E-state index in [2.05, 4.69) is 122 Å². The monoisotopic (exact) mass is 690 g/mol. The standard InChI is InChI=1S/C47H38N4S/c1-32-16-26-40-41-27-19-36(31-43(41)52-42(40)30-32)33-17-22-38(23-18-33)51(39-24-20-37(21-25-39)47(2)28-10-5-11-29-47)46-49-44(34-12-6-3-7-13-34)48-45(50-46)35-14-8-4-9-15-35/h3-28,31-32H,29-30H2,1-2H3. The van der Waals surface area contributed by atoms with Crippen molar-refractivity contribution in [3.63, 3.8) is 0 Å². The SMILES string of the molecule is CC1C=Cc2c(sc3cc(-c4ccc(N(c5ccc(C6(C)C=CC=CC6)cc5)c5nc(-c6ccccc6)nc(-c6ccccc6)n5)cc4)ccc23)C1. The van der Waals surface area contributed by atoms with E-state index >= 15 is 0 Å². The highest BCUT2D eigenvalue weighted by molar-refractivity contribution is 7.19. The zero-order valence-corrected chi connectivity index (χ0v) is 30.1. The predicted octanol–water partition coefficient (Wildman–Crippen LogP) is 12.5. The van der Waals surface area contributed by atoms with Crippen molar-refractivity contribution in [1.82, 2.24) is 15.0 Å². The van der Waals surface area contributed by atoms with Crippen molar-refractivity contribution in [3.8, 4) is 33.9 Å². The molecule has 2 aliphatic carbocycles. The number of hydrogen-bond acceptors (Lipinski definition) is 5. The molecule has 5 heteroatoms. The lowest BCUT2D eigenvalue weighted by molar-refractivity contribution is 0.600. The summed E-state index contributed by atoms with van der Waals surface area (Å²) in [7, 11) is 0. The molecule has 252 valence electrons. The molecule has 2 aliphatic rings. The average molecular weight is 691 g/mol. The van der Waals surface area contributed by atoms with Crippen LogP contribution >= 0.6 is 11.3 Å². The van der Waals surface area contributed by atoms with Crippen LogP contribution in [0.1, 0.15) is 36.3 Å². The molecule has 52 heavy (non-hydrogen) atoms. The number of hydrogen-bond donors (Lipinski definition) is 0. The summed E-state index contributed by atoms with van der Waals surface area (Å²) in [5.74, 6) is 2.41. The van der Waals surface area contributed by atoms with E-state index < -0.39 is 0 Å². The second-order valence-electron chi connectivity index (χ2n) is 14.0. The summed E-state index contributed by atoms with van der Waals surface area (Å²) in [6.07, 6.45) is 15.5. The highest BCUT2D eigenvalue weighted by Crippen LogP contribution is 2.41. The molecule has 5 aromatic carbocycles. The first-order valence-corrected chi connectivity index (χ1v) is 18.8. The summed E-state index contributed by atoms with van der Waals surface area (Å²) < 4.78 is 1.34. The first kappa shape index (κ1) is 32.0. The van der Waals surface area contributed by atoms with Gasteiger partial charge in [0, 0.05) is 37.5 Å². The summed E-state index contributed by atoms with van der Waals surface area (Å²) in [5.41, 5.74) is 8.84. The van der Waals surface area contributed by atoms with Gasteiger partial charge in [-0.05, 0) is 76.7 Å². The Balaban J connectivity index is 1.15. The van der Waals surface area contributed by atoms with Crippen LogP contribution in [-0.4, -0.2) is 15.0 Å². The summed E-state index contributed by atoms with van der Waals surface area (Å²) in [4.78, 5) is 18.9. The van der Waals surface area contributed by atoms with E-state index in [0.717, 1.165) is 35.3 Å². The van der Waals surface area contributed by atoms with Gasteiger partial charge in [0.2, 0.25) is 5.95 Å². The van der Waals surface area contributed by atoms with E-state index in [1.807, 2.05) is 72.0 Å². The molecule has 0 aliphatic heterocycles. The summed E-state index contributed by atoms with van der Waals surface area (Å²) in [5, 5.41) is 1.35. The number of fused-ring (bicyclic) bond motifs is 3. The van der Waals surface area contributed by atoms with Crippen LogP contribution < -0.4 is 4.90 Å². The number of aromatic nitrogens is 3. The van der Waals surface area contributed by atoms with Crippen molar-refractivity contribution in [2.45, 2.75) is 32.1 Å². The van der Waals surface area contributed by atoms with Crippen LogP contribution in [0.4, 0.5) is 17.3 Å². The maximum Gasteiger partial charge on any atom is 0.238 e. The Bertz CT molecular complexity index is 2420. The molecule has 4 nitrogen and oxygen atoms in total. The molecule has 7 aromatic rings. The largest absolute Gasteiger partial charge is 0.279 e. The molecular weight excluding hydrogens is 653 g/mol. The smallest absolute Gasteiger partial charge is 0.238 e. The molecule has 0 amide bonds. The lowest BCUT2D eigenvalue weighted by Gasteiger charge is -2.29. The lowest BCUT2D eigenvalue weighted by atomic mass is 9.77. The van der Waals surface area contributed by atoms with Gasteiger partial charge in [-0.1, -0.05) is 147 Å². The quantitative estimate of drug-likeness (QED) is 0.167. The first-order valence-electron chi connectivity index (χ1n) is 18.0. The van der Waals surface area contributed by atoms with Gasteiger partial charge < -0.3 is 0 Å². The van der Waals surface area contributed by atoms with Gasteiger partial charge in [-0.25, -0.2) is 4.98 Å². The van der Waals surface area contributed by atoms with Gasteiger partial charge in [0.15, 0.2) is 11.6 Å². The van der Waals surface area contributed by atoms with Gasteiger partial charge in [-0.3, -0.25) is 4.90 Å². The average Bonchev–Trinajstić information content (AvgIpc) is 3.56. The molecule has 0 saturated carbocycles. The molecule has 0 spiro atoms. The zero-order valence-electron chi connectivity index (χ0n) is 29.3. The van der Waals surface area contributed by atoms with Crippen LogP contribution in [0.2, 0.25) is 0 Å². The molecule has 0 saturated heterocycles. The van der Waals surface area contributed by atoms with Crippen LogP contribution in [0.15, 0.2) is 158 Å². The van der Waals surface area contributed by atoms with E-state index in [-0.39, 0.29) is 5.41 Å². The van der Waals surface area contributed by atoms with E-state index in [9.17, 15) is 0 Å². The molecule has 2 aromatic heterocycles. The predicted molar refractivity (Wildman–Crippen MR) is 218 cm³/mol. The Morgan fingerprint density at radius 2 is 1.31 bits per heavy atom. The van der Waals surface area contributed by atoms with E-state index in [0.29, 0.717) is 23.5 Å². The summed E-state index contributed by atoms with van der Waals surface area (Å²) in [6, 6.07) is 44.8. The first-order chi connectivity index (χ1) is 25.5. The fourth-order valence-corrected chi connectivity index (χ4v) is 8.69. The Hall–Kier alpha value is -5.91. The van der Waals surface area contributed by atoms with E-state index in [1.54, 1.807) is 0 Å². The maximum absolute atomic E-state index is 5.14. The fourth-order valence-electron chi connectivity index (χ4n) is 7.32. The molecule has 2 atom stereocenters. The molecule has 0 fully saturated rings. The van der Waals surface area contributed by atoms with Crippen molar-refractivity contribution in [2.24, 2.45) is 5.92 Å². The fraction of sp³-hybridized carbons (Fsp3) is 0.128. The van der Waals surface area contributed by atoms with Gasteiger partial charge in [0.25, 0.3) is 0 Å². The Labute approximate surface area is 309 Å². The minimum Gasteiger partial charge on any atom is -0.279 e. The van der Waals surface area contributed by atoms with E-state index in [4.69, 9.17) is 15.0 Å². The zero-order chi connectivity index (χ0) is 35.1. The summed E-state index contributed by atoms with van der Waals surface area (Å²) >= 11 is 1.93. The van der Waals surface area contributed by atoms with E-state index in [1.165, 1.54) is 37.2 Å². The Morgan fingerprint density at radius 1 is 0.673 bits per heavy atom. The van der Waals surface area contributed by atoms with Crippen molar-refractivity contribution < 1.29 is 0 Å². The highest BCUT2D eigenvalue weighted by atomic mass is 32.1. The second kappa shape index (κ2) is 13.3. The number of benzene rings is 5. The van der Waals surface area contributed by atoms with Crippen molar-refractivity contribution in [1.29, 1.82) is 0 Å². The van der Waals surface area contributed by atoms with Gasteiger partial charge >= 0.3 is 0 Å². The summed E-state index contributed by atoms with van der Waals surface area (Å²) in [6.45, 7) is 4.59. The third-order valence-electron chi connectivity index (χ3n) is 10.3. The van der Waals surface area contributed by atoms with Crippen molar-refractivity contribution >= 4 is 44.8 Å². The van der Waals surface area contributed by atoms with Crippen LogP contribution in [0.5, 0.6) is 0 Å². The number of nitrogens with zero attached hydrogens (tertiary/aromatic N) is 4. The third-order valence-corrected chi connectivity index (χ3v) is 11.5. The number of allylic oxidation sites excluding steroid dienone is 5. The maximum atomic E-state index is 5.14. The highest BCUT2D eigenvalue weighted by Gasteiger charge is 2.25. The van der Waals surface area contributed by atoms with Crippen LogP contribution in [0.25, 0.3) is 50.1 Å². The number of anilines is 3. The van der Waals surface area contributed by atoms with Gasteiger partial charge in [0.1, 0.15) is 0 Å². The van der Waals surface area contributed by atoms with Gasteiger partial charge in [-0.15, -0.1) is 11.3 Å². The molecule has 0 radical (unpaired) electrons. The van der Waals surface area contributed by atoms with Gasteiger partial charge in [-0.2, -0.15) is 9.97 Å². The third kappa shape index (κ3) is 6.07. The molecule has 0 bridgehead atoms. The molecule has 0 N–H and O–H groups in total. The van der Waals surface area contributed by atoms with Crippen LogP contribution in [-0.2, 0) is 11.8 Å². The number of thiophene rings is 1. The van der Waals surface area contributed by atoms with Crippen LogP contribution in [0, 0.1) is 5.92 Å². The minimum absolute atomic E-state index is 0.0502. The molecule has 2 heterocycles.